The van der Waals surface area contributed by atoms with E-state index in [2.05, 4.69) is 15.5 Å². The Labute approximate surface area is 78.9 Å². The number of anilines is 1. The van der Waals surface area contributed by atoms with Crippen molar-refractivity contribution in [3.8, 4) is 6.07 Å². The Bertz CT molecular complexity index is 408. The van der Waals surface area contributed by atoms with Crippen LogP contribution < -0.4 is 5.32 Å². The molecule has 0 aromatic carbocycles. The van der Waals surface area contributed by atoms with Crippen molar-refractivity contribution in [2.45, 2.75) is 12.6 Å². The van der Waals surface area contributed by atoms with Crippen molar-refractivity contribution in [3.05, 3.63) is 11.8 Å². The maximum absolute atomic E-state index is 12.5. The fourth-order valence-corrected chi connectivity index (χ4v) is 1.12. The van der Waals surface area contributed by atoms with Crippen LogP contribution in [0.3, 0.4) is 0 Å². The molecular weight excluding hydrogens is 187 g/mol. The van der Waals surface area contributed by atoms with E-state index in [9.17, 15) is 9.18 Å². The van der Waals surface area contributed by atoms with Crippen molar-refractivity contribution in [2.24, 2.45) is 5.92 Å². The molecule has 1 aromatic heterocycles. The van der Waals surface area contributed by atoms with Crippen LogP contribution in [0.1, 0.15) is 12.0 Å². The van der Waals surface area contributed by atoms with E-state index in [-0.39, 0.29) is 17.8 Å². The van der Waals surface area contributed by atoms with Gasteiger partial charge >= 0.3 is 0 Å². The van der Waals surface area contributed by atoms with Gasteiger partial charge in [0.1, 0.15) is 23.6 Å². The highest BCUT2D eigenvalue weighted by molar-refractivity contribution is 5.94. The third kappa shape index (κ3) is 1.44. The number of carbonyl (C=O) groups excluding carboxylic acids is 1. The number of alkyl halides is 1. The number of halogens is 1. The molecule has 0 bridgehead atoms. The topological polar surface area (TPSA) is 81.6 Å². The number of rotatable bonds is 2. The van der Waals surface area contributed by atoms with Gasteiger partial charge in [-0.25, -0.2) is 4.39 Å². The fourth-order valence-electron chi connectivity index (χ4n) is 1.12. The molecule has 14 heavy (non-hydrogen) atoms. The maximum Gasteiger partial charge on any atom is 0.231 e. The molecule has 0 spiro atoms. The molecule has 1 amide bonds. The van der Waals surface area contributed by atoms with Gasteiger partial charge in [-0.05, 0) is 6.42 Å². The number of nitrogens with one attached hydrogen (secondary N) is 2. The summed E-state index contributed by atoms with van der Waals surface area (Å²) in [4.78, 5) is 11.2. The summed E-state index contributed by atoms with van der Waals surface area (Å²) in [6.07, 6.45) is 0.528. The van der Waals surface area contributed by atoms with Crippen LogP contribution in [0.2, 0.25) is 0 Å². The maximum atomic E-state index is 12.5. The average molecular weight is 194 g/mol. The lowest BCUT2D eigenvalue weighted by Gasteiger charge is -1.99. The van der Waals surface area contributed by atoms with Gasteiger partial charge in [0.15, 0.2) is 0 Å². The van der Waals surface area contributed by atoms with E-state index in [1.807, 2.05) is 6.07 Å². The first-order valence-electron chi connectivity index (χ1n) is 4.10. The number of nitriles is 1. The normalized spacial score (nSPS) is 24.0. The minimum Gasteiger partial charge on any atom is -0.310 e. The summed E-state index contributed by atoms with van der Waals surface area (Å²) >= 11 is 0. The van der Waals surface area contributed by atoms with E-state index in [1.165, 1.54) is 6.20 Å². The van der Waals surface area contributed by atoms with E-state index in [0.29, 0.717) is 0 Å². The lowest BCUT2D eigenvalue weighted by atomic mass is 10.3. The summed E-state index contributed by atoms with van der Waals surface area (Å²) in [5.74, 6) is -0.736. The fraction of sp³-hybridized carbons (Fsp3) is 0.375. The molecule has 1 heterocycles. The first-order chi connectivity index (χ1) is 6.72. The highest BCUT2D eigenvalue weighted by Crippen LogP contribution is 2.34. The van der Waals surface area contributed by atoms with Gasteiger partial charge in [0, 0.05) is 0 Å². The van der Waals surface area contributed by atoms with Crippen LogP contribution in [0, 0.1) is 17.2 Å². The summed E-state index contributed by atoms with van der Waals surface area (Å²) < 4.78 is 12.5. The van der Waals surface area contributed by atoms with Crippen LogP contribution in [-0.4, -0.2) is 22.3 Å². The van der Waals surface area contributed by atoms with Gasteiger partial charge in [0.2, 0.25) is 5.91 Å². The summed E-state index contributed by atoms with van der Waals surface area (Å²) in [6.45, 7) is 0. The standard InChI is InChI=1S/C8H7FN4O/c9-6-1-5(6)8(14)12-7-4(2-10)3-11-13-7/h3,5-6H,1H2,(H2,11,12,13,14)/t5-,6+/m0/s1. The SMILES string of the molecule is N#Cc1cn[nH]c1NC(=O)[C@H]1C[C@H]1F. The number of hydrogen-bond acceptors (Lipinski definition) is 3. The minimum atomic E-state index is -1.04. The van der Waals surface area contributed by atoms with Gasteiger partial charge in [-0.3, -0.25) is 9.89 Å². The molecule has 0 aliphatic heterocycles. The van der Waals surface area contributed by atoms with Crippen molar-refractivity contribution >= 4 is 11.7 Å². The Morgan fingerprint density at radius 3 is 3.14 bits per heavy atom. The summed E-state index contributed by atoms with van der Waals surface area (Å²) in [7, 11) is 0. The third-order valence-corrected chi connectivity index (χ3v) is 2.06. The zero-order chi connectivity index (χ0) is 10.1. The van der Waals surface area contributed by atoms with Crippen LogP contribution in [0.5, 0.6) is 0 Å². The molecule has 0 radical (unpaired) electrons. The molecule has 2 N–H and O–H groups in total. The third-order valence-electron chi connectivity index (χ3n) is 2.06. The van der Waals surface area contributed by atoms with Gasteiger partial charge in [-0.15, -0.1) is 0 Å². The zero-order valence-electron chi connectivity index (χ0n) is 7.12. The molecule has 5 nitrogen and oxygen atoms in total. The van der Waals surface area contributed by atoms with Crippen molar-refractivity contribution in [1.29, 1.82) is 5.26 Å². The van der Waals surface area contributed by atoms with Crippen LogP contribution >= 0.6 is 0 Å². The first-order valence-corrected chi connectivity index (χ1v) is 4.10. The number of aromatic amines is 1. The Hall–Kier alpha value is -1.90. The molecule has 1 aliphatic rings. The monoisotopic (exact) mass is 194 g/mol. The molecule has 1 fully saturated rings. The molecule has 0 saturated heterocycles. The van der Waals surface area contributed by atoms with E-state index >= 15 is 0 Å². The van der Waals surface area contributed by atoms with Gasteiger partial charge in [-0.1, -0.05) is 0 Å². The predicted molar refractivity (Wildman–Crippen MR) is 44.9 cm³/mol. The van der Waals surface area contributed by atoms with Gasteiger partial charge in [-0.2, -0.15) is 10.4 Å². The van der Waals surface area contributed by atoms with Gasteiger partial charge in [0.25, 0.3) is 0 Å². The van der Waals surface area contributed by atoms with Crippen molar-refractivity contribution < 1.29 is 9.18 Å². The van der Waals surface area contributed by atoms with Crippen molar-refractivity contribution in [1.82, 2.24) is 10.2 Å². The summed E-state index contributed by atoms with van der Waals surface area (Å²) in [5.41, 5.74) is 0.245. The Morgan fingerprint density at radius 2 is 2.57 bits per heavy atom. The zero-order valence-corrected chi connectivity index (χ0v) is 7.12. The molecule has 6 heteroatoms. The largest absolute Gasteiger partial charge is 0.310 e. The van der Waals surface area contributed by atoms with E-state index in [4.69, 9.17) is 5.26 Å². The molecule has 0 unspecified atom stereocenters. The van der Waals surface area contributed by atoms with E-state index in [1.54, 1.807) is 0 Å². The number of H-pyrrole nitrogens is 1. The van der Waals surface area contributed by atoms with Crippen LogP contribution in [0.25, 0.3) is 0 Å². The number of hydrogen-bond donors (Lipinski definition) is 2. The second-order valence-electron chi connectivity index (χ2n) is 3.12. The second kappa shape index (κ2) is 3.10. The van der Waals surface area contributed by atoms with Gasteiger partial charge in [0.05, 0.1) is 12.1 Å². The highest BCUT2D eigenvalue weighted by Gasteiger charge is 2.43. The number of carbonyl (C=O) groups is 1. The van der Waals surface area contributed by atoms with E-state index in [0.717, 1.165) is 0 Å². The molecule has 2 rings (SSSR count). The average Bonchev–Trinajstić information content (AvgIpc) is 2.74. The quantitative estimate of drug-likeness (QED) is 0.722. The Balaban J connectivity index is 2.04. The first kappa shape index (κ1) is 8.69. The van der Waals surface area contributed by atoms with Crippen LogP contribution in [-0.2, 0) is 4.79 Å². The lowest BCUT2D eigenvalue weighted by molar-refractivity contribution is -0.117. The van der Waals surface area contributed by atoms with E-state index < -0.39 is 18.0 Å². The number of nitrogens with zero attached hydrogens (tertiary/aromatic N) is 2. The predicted octanol–water partition coefficient (Wildman–Crippen LogP) is 0.578. The highest BCUT2D eigenvalue weighted by atomic mass is 19.1. The number of aromatic nitrogens is 2. The van der Waals surface area contributed by atoms with Crippen LogP contribution in [0.15, 0.2) is 6.20 Å². The molecule has 72 valence electrons. The minimum absolute atomic E-state index is 0.233. The molecule has 2 atom stereocenters. The van der Waals surface area contributed by atoms with Crippen molar-refractivity contribution in [3.63, 3.8) is 0 Å². The second-order valence-corrected chi connectivity index (χ2v) is 3.12. The van der Waals surface area contributed by atoms with Crippen molar-refractivity contribution in [2.75, 3.05) is 5.32 Å². The summed E-state index contributed by atoms with van der Waals surface area (Å²) in [6, 6.07) is 1.85. The summed E-state index contributed by atoms with van der Waals surface area (Å²) in [5, 5.41) is 17.1. The Kier molecular flexibility index (Phi) is 1.93. The molecule has 1 aliphatic carbocycles. The molecule has 1 aromatic rings. The van der Waals surface area contributed by atoms with Crippen LogP contribution in [0.4, 0.5) is 10.2 Å². The molecule has 1 saturated carbocycles. The lowest BCUT2D eigenvalue weighted by Crippen LogP contribution is -2.15. The smallest absolute Gasteiger partial charge is 0.231 e. The molecular formula is C8H7FN4O. The Morgan fingerprint density at radius 1 is 1.86 bits per heavy atom. The van der Waals surface area contributed by atoms with Gasteiger partial charge < -0.3 is 5.32 Å². The number of amides is 1.